The van der Waals surface area contributed by atoms with E-state index in [0.717, 1.165) is 41.5 Å². The summed E-state index contributed by atoms with van der Waals surface area (Å²) in [6.07, 6.45) is 3.09. The van der Waals surface area contributed by atoms with Crippen LogP contribution in [0.4, 0.5) is 0 Å². The monoisotopic (exact) mass is 285 g/mol. The molecule has 1 aromatic carbocycles. The van der Waals surface area contributed by atoms with Gasteiger partial charge in [-0.15, -0.1) is 0 Å². The normalized spacial score (nSPS) is 23.7. The summed E-state index contributed by atoms with van der Waals surface area (Å²) >= 11 is 0. The van der Waals surface area contributed by atoms with E-state index in [1.807, 2.05) is 18.2 Å². The van der Waals surface area contributed by atoms with Crippen molar-refractivity contribution in [2.45, 2.75) is 25.9 Å². The predicted molar refractivity (Wildman–Crippen MR) is 79.4 cm³/mol. The van der Waals surface area contributed by atoms with E-state index in [1.165, 1.54) is 0 Å². The van der Waals surface area contributed by atoms with Gasteiger partial charge in [-0.1, -0.05) is 6.92 Å². The molecule has 2 aromatic rings. The second-order valence-electron chi connectivity index (χ2n) is 5.94. The van der Waals surface area contributed by atoms with Crippen molar-refractivity contribution in [2.75, 3.05) is 13.2 Å². The lowest BCUT2D eigenvalue weighted by atomic mass is 9.98. The molecule has 0 saturated carbocycles. The standard InChI is InChI=1S/C16H19N3O2/c1-10-6-12(17)16-18-13(9-19(16)8-10)11-2-3-14-15(7-11)21-5-4-20-14/h2-3,7,9-10,12H,4-6,8,17H2,1H3. The van der Waals surface area contributed by atoms with Crippen LogP contribution in [0, 0.1) is 5.92 Å². The molecule has 0 aliphatic carbocycles. The molecule has 2 aliphatic heterocycles. The van der Waals surface area contributed by atoms with E-state index in [9.17, 15) is 0 Å². The summed E-state index contributed by atoms with van der Waals surface area (Å²) in [4.78, 5) is 4.73. The van der Waals surface area contributed by atoms with Crippen LogP contribution in [0.25, 0.3) is 11.3 Å². The number of nitrogens with two attached hydrogens (primary N) is 1. The number of benzene rings is 1. The average molecular weight is 285 g/mol. The van der Waals surface area contributed by atoms with Gasteiger partial charge in [0, 0.05) is 18.3 Å². The fourth-order valence-electron chi connectivity index (χ4n) is 3.16. The number of rotatable bonds is 1. The van der Waals surface area contributed by atoms with E-state index in [0.29, 0.717) is 19.1 Å². The van der Waals surface area contributed by atoms with Crippen molar-refractivity contribution in [3.63, 3.8) is 0 Å². The van der Waals surface area contributed by atoms with Gasteiger partial charge >= 0.3 is 0 Å². The molecule has 1 aromatic heterocycles. The van der Waals surface area contributed by atoms with Crippen molar-refractivity contribution in [3.8, 4) is 22.8 Å². The van der Waals surface area contributed by atoms with Gasteiger partial charge in [0.1, 0.15) is 19.0 Å². The predicted octanol–water partition coefficient (Wildman–Crippen LogP) is 2.36. The second kappa shape index (κ2) is 4.77. The summed E-state index contributed by atoms with van der Waals surface area (Å²) in [7, 11) is 0. The highest BCUT2D eigenvalue weighted by Crippen LogP contribution is 2.35. The minimum Gasteiger partial charge on any atom is -0.486 e. The Kier molecular flexibility index (Phi) is 2.89. The van der Waals surface area contributed by atoms with Crippen LogP contribution in [0.5, 0.6) is 11.5 Å². The smallest absolute Gasteiger partial charge is 0.162 e. The Balaban J connectivity index is 1.72. The van der Waals surface area contributed by atoms with Gasteiger partial charge in [-0.2, -0.15) is 0 Å². The minimum atomic E-state index is 0.0275. The first-order valence-electron chi connectivity index (χ1n) is 7.43. The first kappa shape index (κ1) is 12.7. The SMILES string of the molecule is CC1CC(N)c2nc(-c3ccc4c(c3)OCCO4)cn2C1. The summed E-state index contributed by atoms with van der Waals surface area (Å²) in [5.74, 6) is 3.18. The van der Waals surface area contributed by atoms with Crippen LogP contribution in [0.15, 0.2) is 24.4 Å². The lowest BCUT2D eigenvalue weighted by molar-refractivity contribution is 0.171. The first-order valence-corrected chi connectivity index (χ1v) is 7.43. The van der Waals surface area contributed by atoms with Gasteiger partial charge in [-0.3, -0.25) is 0 Å². The number of nitrogens with zero attached hydrogens (tertiary/aromatic N) is 2. The maximum Gasteiger partial charge on any atom is 0.162 e. The van der Waals surface area contributed by atoms with Gasteiger partial charge in [0.25, 0.3) is 0 Å². The fourth-order valence-corrected chi connectivity index (χ4v) is 3.16. The summed E-state index contributed by atoms with van der Waals surface area (Å²) in [5, 5.41) is 0. The summed E-state index contributed by atoms with van der Waals surface area (Å²) in [6.45, 7) is 4.42. The van der Waals surface area contributed by atoms with Gasteiger partial charge in [-0.25, -0.2) is 4.98 Å². The summed E-state index contributed by atoms with van der Waals surface area (Å²) in [6, 6.07) is 6.00. The zero-order valence-electron chi connectivity index (χ0n) is 12.1. The average Bonchev–Trinajstić information content (AvgIpc) is 2.91. The maximum atomic E-state index is 6.21. The van der Waals surface area contributed by atoms with Crippen LogP contribution in [-0.4, -0.2) is 22.8 Å². The van der Waals surface area contributed by atoms with E-state index in [4.69, 9.17) is 20.2 Å². The molecule has 0 fully saturated rings. The van der Waals surface area contributed by atoms with Gasteiger partial charge in [0.05, 0.1) is 11.7 Å². The molecular formula is C16H19N3O2. The topological polar surface area (TPSA) is 62.3 Å². The number of hydrogen-bond acceptors (Lipinski definition) is 4. The maximum absolute atomic E-state index is 6.21. The largest absolute Gasteiger partial charge is 0.486 e. The third-order valence-electron chi connectivity index (χ3n) is 4.14. The Hall–Kier alpha value is -2.01. The molecule has 0 bridgehead atoms. The lowest BCUT2D eigenvalue weighted by Crippen LogP contribution is -2.26. The highest BCUT2D eigenvalue weighted by molar-refractivity contribution is 5.64. The van der Waals surface area contributed by atoms with Crippen molar-refractivity contribution < 1.29 is 9.47 Å². The molecule has 4 rings (SSSR count). The molecule has 2 N–H and O–H groups in total. The third kappa shape index (κ3) is 2.17. The zero-order chi connectivity index (χ0) is 14.4. The fraction of sp³-hybridized carbons (Fsp3) is 0.438. The van der Waals surface area contributed by atoms with Crippen LogP contribution >= 0.6 is 0 Å². The van der Waals surface area contributed by atoms with Crippen molar-refractivity contribution in [1.29, 1.82) is 0 Å². The van der Waals surface area contributed by atoms with Crippen LogP contribution in [0.1, 0.15) is 25.2 Å². The molecule has 5 heteroatoms. The van der Waals surface area contributed by atoms with Crippen molar-refractivity contribution >= 4 is 0 Å². The van der Waals surface area contributed by atoms with Crippen LogP contribution in [-0.2, 0) is 6.54 Å². The number of imidazole rings is 1. The quantitative estimate of drug-likeness (QED) is 0.873. The van der Waals surface area contributed by atoms with Gasteiger partial charge in [-0.05, 0) is 30.5 Å². The highest BCUT2D eigenvalue weighted by atomic mass is 16.6. The number of hydrogen-bond donors (Lipinski definition) is 1. The molecule has 0 radical (unpaired) electrons. The number of aromatic nitrogens is 2. The van der Waals surface area contributed by atoms with Crippen molar-refractivity contribution in [3.05, 3.63) is 30.2 Å². The Labute approximate surface area is 123 Å². The summed E-state index contributed by atoms with van der Waals surface area (Å²) in [5.41, 5.74) is 8.20. The van der Waals surface area contributed by atoms with Gasteiger partial charge < -0.3 is 19.8 Å². The molecule has 0 amide bonds. The molecule has 0 spiro atoms. The zero-order valence-corrected chi connectivity index (χ0v) is 12.1. The molecule has 3 heterocycles. The molecule has 0 saturated heterocycles. The van der Waals surface area contributed by atoms with Crippen molar-refractivity contribution in [1.82, 2.24) is 9.55 Å². The molecular weight excluding hydrogens is 266 g/mol. The molecule has 5 nitrogen and oxygen atoms in total. The van der Waals surface area contributed by atoms with Gasteiger partial charge in [0.15, 0.2) is 11.5 Å². The Morgan fingerprint density at radius 3 is 2.90 bits per heavy atom. The molecule has 21 heavy (non-hydrogen) atoms. The van der Waals surface area contributed by atoms with Gasteiger partial charge in [0.2, 0.25) is 0 Å². The third-order valence-corrected chi connectivity index (χ3v) is 4.14. The Morgan fingerprint density at radius 2 is 2.05 bits per heavy atom. The Morgan fingerprint density at radius 1 is 1.24 bits per heavy atom. The van der Waals surface area contributed by atoms with Crippen LogP contribution in [0.3, 0.4) is 0 Å². The molecule has 2 aliphatic rings. The second-order valence-corrected chi connectivity index (χ2v) is 5.94. The number of ether oxygens (including phenoxy) is 2. The van der Waals surface area contributed by atoms with E-state index in [2.05, 4.69) is 17.7 Å². The van der Waals surface area contributed by atoms with E-state index < -0.39 is 0 Å². The minimum absolute atomic E-state index is 0.0275. The van der Waals surface area contributed by atoms with Crippen LogP contribution in [0.2, 0.25) is 0 Å². The molecule has 110 valence electrons. The highest BCUT2D eigenvalue weighted by Gasteiger charge is 2.24. The molecule has 2 atom stereocenters. The summed E-state index contributed by atoms with van der Waals surface area (Å²) < 4.78 is 13.4. The van der Waals surface area contributed by atoms with E-state index in [1.54, 1.807) is 0 Å². The van der Waals surface area contributed by atoms with E-state index >= 15 is 0 Å². The van der Waals surface area contributed by atoms with E-state index in [-0.39, 0.29) is 6.04 Å². The van der Waals surface area contributed by atoms with Crippen molar-refractivity contribution in [2.24, 2.45) is 11.7 Å². The Bertz CT molecular complexity index is 680. The lowest BCUT2D eigenvalue weighted by Gasteiger charge is -2.25. The van der Waals surface area contributed by atoms with Crippen LogP contribution < -0.4 is 15.2 Å². The first-order chi connectivity index (χ1) is 10.2. The number of fused-ring (bicyclic) bond motifs is 2. The molecule has 2 unspecified atom stereocenters.